The topological polar surface area (TPSA) is 103 Å². The molecule has 0 bridgehead atoms. The molecule has 1 fully saturated rings. The SMILES string of the molecule is Cn1ccnc1C(=O)N1CCC(c2ccc(CN=C(N)N)cc2C(F)(F)F)CC1. The lowest BCUT2D eigenvalue weighted by atomic mass is 9.85. The Hall–Kier alpha value is -3.04. The third kappa shape index (κ3) is 4.69. The van der Waals surface area contributed by atoms with Gasteiger partial charge in [-0.1, -0.05) is 12.1 Å². The average Bonchev–Trinajstić information content (AvgIpc) is 3.11. The Kier molecular flexibility index (Phi) is 5.81. The van der Waals surface area contributed by atoms with E-state index in [9.17, 15) is 18.0 Å². The third-order valence-electron chi connectivity index (χ3n) is 5.10. The van der Waals surface area contributed by atoms with Crippen LogP contribution in [0, 0.1) is 0 Å². The predicted molar refractivity (Wildman–Crippen MR) is 102 cm³/mol. The molecule has 1 aliphatic heterocycles. The Morgan fingerprint density at radius 1 is 1.28 bits per heavy atom. The number of hydrogen-bond acceptors (Lipinski definition) is 3. The molecule has 156 valence electrons. The first kappa shape index (κ1) is 20.7. The second kappa shape index (κ2) is 8.14. The average molecular weight is 408 g/mol. The van der Waals surface area contributed by atoms with E-state index in [1.165, 1.54) is 6.07 Å². The van der Waals surface area contributed by atoms with Crippen molar-refractivity contribution in [2.24, 2.45) is 23.5 Å². The molecule has 4 N–H and O–H groups in total. The number of aryl methyl sites for hydroxylation is 1. The summed E-state index contributed by atoms with van der Waals surface area (Å²) in [4.78, 5) is 22.0. The van der Waals surface area contributed by atoms with E-state index in [4.69, 9.17) is 11.5 Å². The molecule has 0 atom stereocenters. The van der Waals surface area contributed by atoms with Gasteiger partial charge in [0.05, 0.1) is 12.1 Å². The number of rotatable bonds is 4. The van der Waals surface area contributed by atoms with Gasteiger partial charge in [0.15, 0.2) is 11.8 Å². The number of piperidine rings is 1. The third-order valence-corrected chi connectivity index (χ3v) is 5.10. The molecule has 29 heavy (non-hydrogen) atoms. The Morgan fingerprint density at radius 3 is 2.52 bits per heavy atom. The van der Waals surface area contributed by atoms with Gasteiger partial charge in [-0.3, -0.25) is 4.79 Å². The highest BCUT2D eigenvalue weighted by Gasteiger charge is 2.37. The van der Waals surface area contributed by atoms with Gasteiger partial charge < -0.3 is 20.9 Å². The Balaban J connectivity index is 1.76. The van der Waals surface area contributed by atoms with Gasteiger partial charge in [-0.25, -0.2) is 9.98 Å². The lowest BCUT2D eigenvalue weighted by Crippen LogP contribution is -2.39. The molecule has 1 aromatic heterocycles. The van der Waals surface area contributed by atoms with E-state index in [1.807, 2.05) is 0 Å². The van der Waals surface area contributed by atoms with Gasteiger partial charge in [-0.15, -0.1) is 0 Å². The summed E-state index contributed by atoms with van der Waals surface area (Å²) in [6.07, 6.45) is -0.360. The van der Waals surface area contributed by atoms with Crippen LogP contribution in [0.2, 0.25) is 0 Å². The predicted octanol–water partition coefficient (Wildman–Crippen LogP) is 2.23. The second-order valence-electron chi connectivity index (χ2n) is 7.09. The molecule has 0 saturated carbocycles. The molecule has 0 aliphatic carbocycles. The zero-order valence-electron chi connectivity index (χ0n) is 16.0. The van der Waals surface area contributed by atoms with Gasteiger partial charge in [0.2, 0.25) is 0 Å². The summed E-state index contributed by atoms with van der Waals surface area (Å²) >= 11 is 0. The fourth-order valence-electron chi connectivity index (χ4n) is 3.59. The van der Waals surface area contributed by atoms with Crippen LogP contribution in [0.15, 0.2) is 35.6 Å². The smallest absolute Gasteiger partial charge is 0.370 e. The number of carbonyl (C=O) groups excluding carboxylic acids is 1. The van der Waals surface area contributed by atoms with Crippen LogP contribution in [0.4, 0.5) is 13.2 Å². The molecule has 1 saturated heterocycles. The summed E-state index contributed by atoms with van der Waals surface area (Å²) < 4.78 is 42.6. The minimum atomic E-state index is -4.48. The summed E-state index contributed by atoms with van der Waals surface area (Å²) in [6.45, 7) is 0.745. The number of aliphatic imine (C=N–C) groups is 1. The van der Waals surface area contributed by atoms with Gasteiger partial charge in [0.1, 0.15) is 0 Å². The van der Waals surface area contributed by atoms with E-state index in [2.05, 4.69) is 9.98 Å². The number of amides is 1. The summed E-state index contributed by atoms with van der Waals surface area (Å²) in [6, 6.07) is 4.22. The molecule has 7 nitrogen and oxygen atoms in total. The number of guanidine groups is 1. The number of alkyl halides is 3. The van der Waals surface area contributed by atoms with Crippen LogP contribution in [-0.4, -0.2) is 39.4 Å². The summed E-state index contributed by atoms with van der Waals surface area (Å²) in [5.74, 6) is -0.343. The van der Waals surface area contributed by atoms with E-state index in [-0.39, 0.29) is 29.9 Å². The standard InChI is InChI=1S/C19H23F3N6O/c1-27-9-6-25-16(27)17(29)28-7-4-13(5-8-28)14-3-2-12(11-26-18(23)24)10-15(14)19(20,21)22/h2-3,6,9-10,13H,4-5,7-8,11H2,1H3,(H4,23,24,26). The Morgan fingerprint density at radius 2 is 1.97 bits per heavy atom. The van der Waals surface area contributed by atoms with Crippen LogP contribution < -0.4 is 11.5 Å². The maximum absolute atomic E-state index is 13.7. The first-order chi connectivity index (χ1) is 13.7. The van der Waals surface area contributed by atoms with Gasteiger partial charge >= 0.3 is 6.18 Å². The number of hydrogen-bond donors (Lipinski definition) is 2. The molecule has 3 rings (SSSR count). The molecule has 1 aromatic carbocycles. The molecular weight excluding hydrogens is 385 g/mol. The Bertz CT molecular complexity index is 909. The van der Waals surface area contributed by atoms with E-state index in [0.29, 0.717) is 37.3 Å². The highest BCUT2D eigenvalue weighted by atomic mass is 19.4. The molecule has 0 spiro atoms. The normalized spacial score (nSPS) is 15.4. The van der Waals surface area contributed by atoms with Crippen LogP contribution in [-0.2, 0) is 19.8 Å². The zero-order chi connectivity index (χ0) is 21.2. The summed E-state index contributed by atoms with van der Waals surface area (Å²) in [5, 5.41) is 0. The van der Waals surface area contributed by atoms with E-state index >= 15 is 0 Å². The van der Waals surface area contributed by atoms with Crippen molar-refractivity contribution in [2.75, 3.05) is 13.1 Å². The molecular formula is C19H23F3N6O. The number of nitrogens with zero attached hydrogens (tertiary/aromatic N) is 4. The van der Waals surface area contributed by atoms with Gasteiger partial charge in [-0.05, 0) is 36.0 Å². The van der Waals surface area contributed by atoms with Crippen LogP contribution >= 0.6 is 0 Å². The molecule has 0 unspecified atom stereocenters. The highest BCUT2D eigenvalue weighted by Crippen LogP contribution is 2.39. The molecule has 2 aromatic rings. The van der Waals surface area contributed by atoms with Crippen LogP contribution in [0.3, 0.4) is 0 Å². The maximum Gasteiger partial charge on any atom is 0.416 e. The number of imidazole rings is 1. The molecule has 2 heterocycles. The largest absolute Gasteiger partial charge is 0.416 e. The molecule has 0 radical (unpaired) electrons. The second-order valence-corrected chi connectivity index (χ2v) is 7.09. The van der Waals surface area contributed by atoms with Gasteiger partial charge in [-0.2, -0.15) is 13.2 Å². The van der Waals surface area contributed by atoms with Crippen LogP contribution in [0.5, 0.6) is 0 Å². The maximum atomic E-state index is 13.7. The van der Waals surface area contributed by atoms with Crippen LogP contribution in [0.25, 0.3) is 0 Å². The van der Waals surface area contributed by atoms with Crippen molar-refractivity contribution in [3.05, 3.63) is 53.1 Å². The number of nitrogens with two attached hydrogens (primary N) is 2. The zero-order valence-corrected chi connectivity index (χ0v) is 16.0. The van der Waals surface area contributed by atoms with Crippen molar-refractivity contribution >= 4 is 11.9 Å². The first-order valence-electron chi connectivity index (χ1n) is 9.19. The van der Waals surface area contributed by atoms with Gasteiger partial charge in [0, 0.05) is 32.5 Å². The van der Waals surface area contributed by atoms with E-state index < -0.39 is 11.7 Å². The van der Waals surface area contributed by atoms with E-state index in [1.54, 1.807) is 35.0 Å². The fourth-order valence-corrected chi connectivity index (χ4v) is 3.59. The van der Waals surface area contributed by atoms with Crippen molar-refractivity contribution in [1.82, 2.24) is 14.5 Å². The summed E-state index contributed by atoms with van der Waals surface area (Å²) in [5.41, 5.74) is 10.5. The Labute approximate surface area is 166 Å². The molecule has 1 amide bonds. The van der Waals surface area contributed by atoms with Crippen molar-refractivity contribution in [1.29, 1.82) is 0 Å². The fraction of sp³-hybridized carbons (Fsp3) is 0.421. The summed E-state index contributed by atoms with van der Waals surface area (Å²) in [7, 11) is 1.73. The van der Waals surface area contributed by atoms with E-state index in [0.717, 1.165) is 6.07 Å². The van der Waals surface area contributed by atoms with Gasteiger partial charge in [0.25, 0.3) is 5.91 Å². The molecule has 10 heteroatoms. The van der Waals surface area contributed by atoms with Crippen molar-refractivity contribution in [3.63, 3.8) is 0 Å². The number of carbonyl (C=O) groups is 1. The first-order valence-corrected chi connectivity index (χ1v) is 9.19. The van der Waals surface area contributed by atoms with Crippen molar-refractivity contribution in [3.8, 4) is 0 Å². The lowest BCUT2D eigenvalue weighted by Gasteiger charge is -2.33. The number of benzene rings is 1. The quantitative estimate of drug-likeness (QED) is 0.598. The number of likely N-dealkylation sites (tertiary alicyclic amines) is 1. The highest BCUT2D eigenvalue weighted by molar-refractivity contribution is 5.90. The van der Waals surface area contributed by atoms with Crippen LogP contribution in [0.1, 0.15) is 46.1 Å². The molecule has 1 aliphatic rings. The minimum absolute atomic E-state index is 0.0116. The monoisotopic (exact) mass is 408 g/mol. The lowest BCUT2D eigenvalue weighted by molar-refractivity contribution is -0.138. The number of halogens is 3. The van der Waals surface area contributed by atoms with Crippen molar-refractivity contribution in [2.45, 2.75) is 31.5 Å². The minimum Gasteiger partial charge on any atom is -0.370 e. The number of aromatic nitrogens is 2. The van der Waals surface area contributed by atoms with Crippen molar-refractivity contribution < 1.29 is 18.0 Å².